The maximum Gasteiger partial charge on any atom is 0.287 e. The second kappa shape index (κ2) is 10.9. The van der Waals surface area contributed by atoms with Gasteiger partial charge in [0.25, 0.3) is 17.1 Å². The van der Waals surface area contributed by atoms with Crippen molar-refractivity contribution in [3.63, 3.8) is 0 Å². The fraction of sp³-hybridized carbons (Fsp3) is 0.0833. The maximum absolute atomic E-state index is 11.0. The van der Waals surface area contributed by atoms with Gasteiger partial charge in [-0.1, -0.05) is 0 Å². The first-order chi connectivity index (χ1) is 17.8. The number of pyridine rings is 2. The number of hydrogen-bond acceptors (Lipinski definition) is 10. The average molecular weight is 501 g/mol. The Balaban J connectivity index is 1.55. The third kappa shape index (κ3) is 6.16. The molecule has 186 valence electrons. The van der Waals surface area contributed by atoms with E-state index in [4.69, 9.17) is 0 Å². The Morgan fingerprint density at radius 3 is 1.62 bits per heavy atom. The summed E-state index contributed by atoms with van der Waals surface area (Å²) >= 11 is 0. The van der Waals surface area contributed by atoms with Crippen LogP contribution in [-0.2, 0) is 0 Å². The number of aromatic nitrogens is 2. The van der Waals surface area contributed by atoms with Gasteiger partial charge in [-0.2, -0.15) is 0 Å². The van der Waals surface area contributed by atoms with Gasteiger partial charge in [0, 0.05) is 49.0 Å². The van der Waals surface area contributed by atoms with E-state index in [2.05, 4.69) is 20.6 Å². The van der Waals surface area contributed by atoms with Crippen LogP contribution in [0.25, 0.3) is 22.4 Å². The van der Waals surface area contributed by atoms with E-state index >= 15 is 0 Å². The van der Waals surface area contributed by atoms with Crippen LogP contribution < -0.4 is 10.6 Å². The molecule has 4 rings (SSSR count). The zero-order valence-electron chi connectivity index (χ0n) is 19.1. The summed E-state index contributed by atoms with van der Waals surface area (Å²) < 4.78 is 0. The van der Waals surface area contributed by atoms with Gasteiger partial charge in [-0.05, 0) is 53.6 Å². The highest BCUT2D eigenvalue weighted by Gasteiger charge is 2.12. The number of nitrogens with zero attached hydrogens (tertiary/aromatic N) is 5. The number of nitro benzene ring substituents is 2. The Morgan fingerprint density at radius 1 is 0.595 bits per heavy atom. The van der Waals surface area contributed by atoms with Crippen molar-refractivity contribution in [2.24, 2.45) is 0 Å². The molecule has 4 aromatic rings. The number of rotatable bonds is 10. The SMILES string of the molecule is O=[N+]([O-])c1ccc(-c2cc(NCCNc3ccc([N+](=O)[O-])cn3)nc(-c3ccc([N+](=O)[O-])cc3)c2)cc1. The molecule has 0 spiro atoms. The molecule has 0 saturated heterocycles. The molecular weight excluding hydrogens is 482 g/mol. The van der Waals surface area contributed by atoms with Crippen LogP contribution >= 0.6 is 0 Å². The van der Waals surface area contributed by atoms with Gasteiger partial charge in [-0.25, -0.2) is 9.97 Å². The van der Waals surface area contributed by atoms with Crippen LogP contribution in [0.3, 0.4) is 0 Å². The molecule has 2 N–H and O–H groups in total. The summed E-state index contributed by atoms with van der Waals surface area (Å²) in [5.41, 5.74) is 2.51. The second-order valence-electron chi connectivity index (χ2n) is 7.75. The molecule has 2 aromatic carbocycles. The van der Waals surface area contributed by atoms with Crippen molar-refractivity contribution in [2.75, 3.05) is 23.7 Å². The van der Waals surface area contributed by atoms with E-state index in [0.29, 0.717) is 36.0 Å². The maximum atomic E-state index is 11.0. The fourth-order valence-corrected chi connectivity index (χ4v) is 3.44. The lowest BCUT2D eigenvalue weighted by molar-refractivity contribution is -0.385. The Morgan fingerprint density at radius 2 is 1.11 bits per heavy atom. The number of anilines is 2. The van der Waals surface area contributed by atoms with E-state index in [9.17, 15) is 30.3 Å². The number of nitrogens with one attached hydrogen (secondary N) is 2. The number of benzene rings is 2. The van der Waals surface area contributed by atoms with Crippen molar-refractivity contribution in [3.05, 3.63) is 109 Å². The molecule has 0 aliphatic carbocycles. The fourth-order valence-electron chi connectivity index (χ4n) is 3.44. The zero-order valence-corrected chi connectivity index (χ0v) is 19.1. The minimum absolute atomic E-state index is 0.0299. The van der Waals surface area contributed by atoms with Crippen LogP contribution in [0.2, 0.25) is 0 Å². The van der Waals surface area contributed by atoms with Gasteiger partial charge in [0.15, 0.2) is 0 Å². The van der Waals surface area contributed by atoms with Gasteiger partial charge in [-0.15, -0.1) is 0 Å². The van der Waals surface area contributed by atoms with Gasteiger partial charge < -0.3 is 10.6 Å². The summed E-state index contributed by atoms with van der Waals surface area (Å²) in [5, 5.41) is 39.0. The Hall–Kier alpha value is -5.46. The Bertz CT molecular complexity index is 1370. The van der Waals surface area contributed by atoms with Crippen molar-refractivity contribution in [3.8, 4) is 22.4 Å². The largest absolute Gasteiger partial charge is 0.368 e. The summed E-state index contributed by atoms with van der Waals surface area (Å²) in [6, 6.07) is 18.5. The highest BCUT2D eigenvalue weighted by molar-refractivity contribution is 5.74. The Kier molecular flexibility index (Phi) is 7.24. The second-order valence-corrected chi connectivity index (χ2v) is 7.75. The van der Waals surface area contributed by atoms with Gasteiger partial charge >= 0.3 is 0 Å². The van der Waals surface area contributed by atoms with Crippen LogP contribution in [0.15, 0.2) is 79.0 Å². The predicted molar refractivity (Wildman–Crippen MR) is 136 cm³/mol. The quantitative estimate of drug-likeness (QED) is 0.169. The summed E-state index contributed by atoms with van der Waals surface area (Å²) in [6.07, 6.45) is 1.17. The monoisotopic (exact) mass is 501 g/mol. The minimum atomic E-state index is -0.523. The molecule has 2 heterocycles. The summed E-state index contributed by atoms with van der Waals surface area (Å²) in [6.45, 7) is 0.857. The molecule has 0 unspecified atom stereocenters. The standard InChI is InChI=1S/C24H19N7O6/c32-29(33)19-5-1-16(2-6-19)18-13-22(17-3-7-20(8-4-17)30(34)35)28-24(14-18)26-12-11-25-23-10-9-21(15-27-23)31(36)37/h1-10,13-15H,11-12H2,(H,25,27)(H,26,28). The molecule has 13 nitrogen and oxygen atoms in total. The van der Waals surface area contributed by atoms with E-state index in [1.54, 1.807) is 36.4 Å². The average Bonchev–Trinajstić information content (AvgIpc) is 2.91. The zero-order chi connectivity index (χ0) is 26.4. The van der Waals surface area contributed by atoms with Crippen LogP contribution in [-0.4, -0.2) is 37.8 Å². The van der Waals surface area contributed by atoms with Crippen LogP contribution in [0, 0.1) is 30.3 Å². The molecule has 0 saturated carbocycles. The molecule has 0 amide bonds. The lowest BCUT2D eigenvalue weighted by Crippen LogP contribution is -2.15. The van der Waals surface area contributed by atoms with Gasteiger partial charge in [0.05, 0.1) is 20.5 Å². The summed E-state index contributed by atoms with van der Waals surface area (Å²) in [4.78, 5) is 39.9. The molecule has 37 heavy (non-hydrogen) atoms. The smallest absolute Gasteiger partial charge is 0.287 e. The van der Waals surface area contributed by atoms with Crippen molar-refractivity contribution in [1.82, 2.24) is 9.97 Å². The normalized spacial score (nSPS) is 10.5. The molecule has 0 radical (unpaired) electrons. The molecule has 0 bridgehead atoms. The van der Waals surface area contributed by atoms with Crippen molar-refractivity contribution >= 4 is 28.7 Å². The third-order valence-corrected chi connectivity index (χ3v) is 5.31. The summed E-state index contributed by atoms with van der Waals surface area (Å²) in [7, 11) is 0. The van der Waals surface area contributed by atoms with Crippen molar-refractivity contribution in [1.29, 1.82) is 0 Å². The molecule has 0 atom stereocenters. The number of nitro groups is 3. The first-order valence-corrected chi connectivity index (χ1v) is 10.9. The lowest BCUT2D eigenvalue weighted by atomic mass is 10.0. The lowest BCUT2D eigenvalue weighted by Gasteiger charge is -2.12. The molecule has 13 heteroatoms. The van der Waals surface area contributed by atoms with E-state index in [1.165, 1.54) is 42.6 Å². The van der Waals surface area contributed by atoms with Crippen molar-refractivity contribution in [2.45, 2.75) is 0 Å². The highest BCUT2D eigenvalue weighted by Crippen LogP contribution is 2.30. The summed E-state index contributed by atoms with van der Waals surface area (Å²) in [5.74, 6) is 0.995. The van der Waals surface area contributed by atoms with Crippen LogP contribution in [0.1, 0.15) is 0 Å². The molecular formula is C24H19N7O6. The molecule has 0 aliphatic heterocycles. The number of non-ortho nitro benzene ring substituents is 2. The van der Waals surface area contributed by atoms with E-state index in [-0.39, 0.29) is 17.1 Å². The highest BCUT2D eigenvalue weighted by atomic mass is 16.6. The van der Waals surface area contributed by atoms with Crippen molar-refractivity contribution < 1.29 is 14.8 Å². The van der Waals surface area contributed by atoms with Crippen LogP contribution in [0.4, 0.5) is 28.7 Å². The van der Waals surface area contributed by atoms with E-state index in [0.717, 1.165) is 11.1 Å². The van der Waals surface area contributed by atoms with Gasteiger partial charge in [0.2, 0.25) is 0 Å². The third-order valence-electron chi connectivity index (χ3n) is 5.31. The number of hydrogen-bond donors (Lipinski definition) is 2. The molecule has 2 aromatic heterocycles. The van der Waals surface area contributed by atoms with Gasteiger partial charge in [-0.3, -0.25) is 30.3 Å². The van der Waals surface area contributed by atoms with E-state index < -0.39 is 14.8 Å². The topological polar surface area (TPSA) is 179 Å². The van der Waals surface area contributed by atoms with E-state index in [1.807, 2.05) is 0 Å². The predicted octanol–water partition coefficient (Wildman–Crippen LogP) is 5.06. The molecule has 0 fully saturated rings. The van der Waals surface area contributed by atoms with Gasteiger partial charge in [0.1, 0.15) is 17.8 Å². The first-order valence-electron chi connectivity index (χ1n) is 10.9. The minimum Gasteiger partial charge on any atom is -0.368 e. The molecule has 0 aliphatic rings. The Labute approximate surface area is 209 Å². The van der Waals surface area contributed by atoms with Crippen LogP contribution in [0.5, 0.6) is 0 Å². The first kappa shape index (κ1) is 24.7.